The van der Waals surface area contributed by atoms with Crippen LogP contribution in [0.4, 0.5) is 13.2 Å². The molecule has 3 aromatic carbocycles. The highest BCUT2D eigenvalue weighted by Gasteiger charge is 2.37. The SMILES string of the molecule is Cc1cc(C)c(C(F)(F)c2ccc(OC(CCN(C)CC(=O)O)c3ccc(F)cc3)cc2)c(C)c1. The van der Waals surface area contributed by atoms with Gasteiger partial charge in [0.15, 0.2) is 0 Å². The average molecular weight is 486 g/mol. The molecule has 0 amide bonds. The van der Waals surface area contributed by atoms with Crippen molar-refractivity contribution in [1.82, 2.24) is 4.90 Å². The van der Waals surface area contributed by atoms with Crippen LogP contribution in [0.15, 0.2) is 60.7 Å². The molecule has 0 aliphatic carbocycles. The molecule has 0 saturated heterocycles. The number of carboxylic acid groups (broad SMARTS) is 1. The fourth-order valence-corrected chi connectivity index (χ4v) is 4.35. The second-order valence-corrected chi connectivity index (χ2v) is 8.95. The van der Waals surface area contributed by atoms with Crippen molar-refractivity contribution in [2.45, 2.75) is 39.2 Å². The summed E-state index contributed by atoms with van der Waals surface area (Å²) >= 11 is 0. The second-order valence-electron chi connectivity index (χ2n) is 8.95. The third-order valence-corrected chi connectivity index (χ3v) is 5.91. The van der Waals surface area contributed by atoms with E-state index in [0.717, 1.165) is 5.56 Å². The van der Waals surface area contributed by atoms with E-state index in [1.165, 1.54) is 36.4 Å². The van der Waals surface area contributed by atoms with Crippen LogP contribution in [0.2, 0.25) is 0 Å². The van der Waals surface area contributed by atoms with Crippen LogP contribution >= 0.6 is 0 Å². The quantitative estimate of drug-likeness (QED) is 0.360. The van der Waals surface area contributed by atoms with Crippen LogP contribution in [0, 0.1) is 26.6 Å². The molecule has 0 fully saturated rings. The highest BCUT2D eigenvalue weighted by molar-refractivity contribution is 5.69. The summed E-state index contributed by atoms with van der Waals surface area (Å²) in [4.78, 5) is 12.6. The van der Waals surface area contributed by atoms with Gasteiger partial charge < -0.3 is 9.84 Å². The van der Waals surface area contributed by atoms with Crippen molar-refractivity contribution in [3.8, 4) is 5.75 Å². The lowest BCUT2D eigenvalue weighted by Crippen LogP contribution is -2.28. The molecule has 3 rings (SSSR count). The third kappa shape index (κ3) is 6.63. The Morgan fingerprint density at radius 2 is 1.57 bits per heavy atom. The smallest absolute Gasteiger partial charge is 0.317 e. The number of alkyl halides is 2. The fourth-order valence-electron chi connectivity index (χ4n) is 4.35. The normalized spacial score (nSPS) is 12.6. The number of hydrogen-bond donors (Lipinski definition) is 1. The molecule has 0 bridgehead atoms. The maximum Gasteiger partial charge on any atom is 0.317 e. The van der Waals surface area contributed by atoms with Crippen molar-refractivity contribution < 1.29 is 27.8 Å². The zero-order valence-electron chi connectivity index (χ0n) is 20.3. The zero-order valence-corrected chi connectivity index (χ0v) is 20.3. The van der Waals surface area contributed by atoms with Crippen molar-refractivity contribution in [3.63, 3.8) is 0 Å². The summed E-state index contributed by atoms with van der Waals surface area (Å²) in [6.07, 6.45) is -0.0884. The third-order valence-electron chi connectivity index (χ3n) is 5.91. The molecule has 186 valence electrons. The van der Waals surface area contributed by atoms with E-state index >= 15 is 8.78 Å². The summed E-state index contributed by atoms with van der Waals surface area (Å²) < 4.78 is 50.4. The van der Waals surface area contributed by atoms with Gasteiger partial charge in [0.05, 0.1) is 6.54 Å². The summed E-state index contributed by atoms with van der Waals surface area (Å²) in [6, 6.07) is 15.1. The molecule has 0 heterocycles. The number of halogens is 3. The summed E-state index contributed by atoms with van der Waals surface area (Å²) in [5.74, 6) is -4.11. The summed E-state index contributed by atoms with van der Waals surface area (Å²) in [5, 5.41) is 8.98. The van der Waals surface area contributed by atoms with Gasteiger partial charge >= 0.3 is 5.97 Å². The monoisotopic (exact) mass is 485 g/mol. The first-order chi connectivity index (χ1) is 16.5. The van der Waals surface area contributed by atoms with E-state index < -0.39 is 18.0 Å². The van der Waals surface area contributed by atoms with Crippen LogP contribution in [0.3, 0.4) is 0 Å². The van der Waals surface area contributed by atoms with Crippen LogP contribution in [0.1, 0.15) is 45.9 Å². The molecule has 1 unspecified atom stereocenters. The minimum absolute atomic E-state index is 0.00225. The minimum atomic E-state index is -3.17. The molecule has 1 N–H and O–H groups in total. The van der Waals surface area contributed by atoms with Gasteiger partial charge in [-0.2, -0.15) is 8.78 Å². The number of aryl methyl sites for hydroxylation is 3. The van der Waals surface area contributed by atoms with Crippen molar-refractivity contribution >= 4 is 5.97 Å². The number of likely N-dealkylation sites (N-methyl/N-ethyl adjacent to an activating group) is 1. The zero-order chi connectivity index (χ0) is 25.8. The van der Waals surface area contributed by atoms with E-state index in [9.17, 15) is 9.18 Å². The Labute approximate surface area is 204 Å². The average Bonchev–Trinajstić information content (AvgIpc) is 2.76. The lowest BCUT2D eigenvalue weighted by atomic mass is 9.91. The Morgan fingerprint density at radius 3 is 2.11 bits per heavy atom. The first-order valence-corrected chi connectivity index (χ1v) is 11.4. The Kier molecular flexibility index (Phi) is 8.22. The predicted octanol–water partition coefficient (Wildman–Crippen LogP) is 6.42. The van der Waals surface area contributed by atoms with Crippen molar-refractivity contribution in [1.29, 1.82) is 0 Å². The number of rotatable bonds is 10. The summed E-state index contributed by atoms with van der Waals surface area (Å²) in [5.41, 5.74) is 2.57. The van der Waals surface area contributed by atoms with Crippen LogP contribution in [-0.2, 0) is 10.7 Å². The van der Waals surface area contributed by atoms with Gasteiger partial charge in [-0.3, -0.25) is 9.69 Å². The van der Waals surface area contributed by atoms with E-state index in [1.807, 2.05) is 6.92 Å². The molecule has 1 atom stereocenters. The van der Waals surface area contributed by atoms with Crippen LogP contribution in [0.25, 0.3) is 0 Å². The summed E-state index contributed by atoms with van der Waals surface area (Å²) in [6.45, 7) is 5.55. The van der Waals surface area contributed by atoms with Crippen molar-refractivity contribution in [3.05, 3.63) is 99.9 Å². The maximum atomic E-state index is 15.4. The molecule has 0 radical (unpaired) electrons. The van der Waals surface area contributed by atoms with E-state index in [1.54, 1.807) is 50.1 Å². The van der Waals surface area contributed by atoms with Gasteiger partial charge in [-0.25, -0.2) is 4.39 Å². The lowest BCUT2D eigenvalue weighted by Gasteiger charge is -2.24. The van der Waals surface area contributed by atoms with E-state index in [0.29, 0.717) is 35.4 Å². The Morgan fingerprint density at radius 1 is 1.00 bits per heavy atom. The number of ether oxygens (including phenoxy) is 1. The van der Waals surface area contributed by atoms with Gasteiger partial charge in [-0.1, -0.05) is 29.8 Å². The number of benzene rings is 3. The number of carbonyl (C=O) groups is 1. The second kappa shape index (κ2) is 11.0. The number of hydrogen-bond acceptors (Lipinski definition) is 3. The molecule has 3 aromatic rings. The molecule has 0 aliphatic rings. The molecule has 4 nitrogen and oxygen atoms in total. The van der Waals surface area contributed by atoms with Gasteiger partial charge in [0.1, 0.15) is 17.7 Å². The van der Waals surface area contributed by atoms with Crippen LogP contribution < -0.4 is 4.74 Å². The number of aliphatic carboxylic acids is 1. The van der Waals surface area contributed by atoms with E-state index in [2.05, 4.69) is 0 Å². The molecule has 35 heavy (non-hydrogen) atoms. The van der Waals surface area contributed by atoms with E-state index in [4.69, 9.17) is 9.84 Å². The molecule has 0 spiro atoms. The lowest BCUT2D eigenvalue weighted by molar-refractivity contribution is -0.138. The van der Waals surface area contributed by atoms with Gasteiger partial charge in [-0.15, -0.1) is 0 Å². The van der Waals surface area contributed by atoms with E-state index in [-0.39, 0.29) is 23.5 Å². The fraction of sp³-hybridized carbons (Fsp3) is 0.321. The maximum absolute atomic E-state index is 15.4. The topological polar surface area (TPSA) is 49.8 Å². The Bertz CT molecular complexity index is 1140. The first-order valence-electron chi connectivity index (χ1n) is 11.4. The Hall–Kier alpha value is -3.32. The van der Waals surface area contributed by atoms with Gasteiger partial charge in [-0.05, 0) is 80.9 Å². The van der Waals surface area contributed by atoms with Gasteiger partial charge in [0.2, 0.25) is 0 Å². The Balaban J connectivity index is 1.82. The van der Waals surface area contributed by atoms with Crippen LogP contribution in [-0.4, -0.2) is 36.1 Å². The van der Waals surface area contributed by atoms with Gasteiger partial charge in [0.25, 0.3) is 5.92 Å². The molecule has 0 saturated carbocycles. The van der Waals surface area contributed by atoms with Crippen molar-refractivity contribution in [2.75, 3.05) is 20.1 Å². The first kappa shape index (κ1) is 26.3. The molecule has 0 aliphatic heterocycles. The standard InChI is InChI=1S/C28H30F3NO3/c1-18-15-19(2)27(20(3)16-18)28(30,31)22-7-11-24(12-8-22)35-25(13-14-32(4)17-26(33)34)21-5-9-23(29)10-6-21/h5-12,15-16,25H,13-14,17H2,1-4H3,(H,33,34). The largest absolute Gasteiger partial charge is 0.486 e. The minimum Gasteiger partial charge on any atom is -0.486 e. The molecule has 7 heteroatoms. The number of nitrogens with zero attached hydrogens (tertiary/aromatic N) is 1. The molecule has 0 aromatic heterocycles. The van der Waals surface area contributed by atoms with Gasteiger partial charge in [0, 0.05) is 24.1 Å². The predicted molar refractivity (Wildman–Crippen MR) is 130 cm³/mol. The molecular formula is C28H30F3NO3. The highest BCUT2D eigenvalue weighted by Crippen LogP contribution is 2.40. The number of carboxylic acids is 1. The summed E-state index contributed by atoms with van der Waals surface area (Å²) in [7, 11) is 1.68. The van der Waals surface area contributed by atoms with Crippen LogP contribution in [0.5, 0.6) is 5.75 Å². The van der Waals surface area contributed by atoms with Crippen molar-refractivity contribution in [2.24, 2.45) is 0 Å². The highest BCUT2D eigenvalue weighted by atomic mass is 19.3. The molecular weight excluding hydrogens is 455 g/mol.